The summed E-state index contributed by atoms with van der Waals surface area (Å²) in [5.74, 6) is -1.12. The van der Waals surface area contributed by atoms with E-state index < -0.39 is 66.2 Å². The number of rotatable bonds is 39. The van der Waals surface area contributed by atoms with Crippen LogP contribution >= 0.6 is 15.6 Å². The van der Waals surface area contributed by atoms with Crippen molar-refractivity contribution in [1.82, 2.24) is 0 Å². The number of aliphatic hydroxyl groups excluding tert-OH is 1. The average Bonchev–Trinajstić information content (AvgIpc) is 3.94. The number of ether oxygens (including phenoxy) is 3. The second-order valence-electron chi connectivity index (χ2n) is 14.6. The van der Waals surface area contributed by atoms with Gasteiger partial charge in [-0.3, -0.25) is 23.2 Å². The number of esters is 2. The number of unbranched alkanes of at least 4 members (excludes halogenated alkanes) is 13. The second-order valence-corrected chi connectivity index (χ2v) is 17.3. The Balaban J connectivity index is 2.42. The molecule has 0 bridgehead atoms. The quantitative estimate of drug-likeness (QED) is 0.0149. The first-order chi connectivity index (χ1) is 27.8. The van der Waals surface area contributed by atoms with E-state index in [1.165, 1.54) is 44.9 Å². The molecule has 1 aliphatic heterocycles. The SMILES string of the molecule is CCCCC/C=C\CC1OC1C/C=C\C/C=C\CCCC(=O)O[C@H](COC(=O)CCCCCCC/C=C\CCCCCC)COP(=O)(O)OC[C@@H](O)COP(=O)(O)O. The largest absolute Gasteiger partial charge is 0.472 e. The fraction of sp³-hybridized carbons (Fsp3) is 0.762. The molecule has 1 aliphatic rings. The van der Waals surface area contributed by atoms with Crippen molar-refractivity contribution < 1.29 is 66.3 Å². The van der Waals surface area contributed by atoms with E-state index >= 15 is 0 Å². The molecule has 16 heteroatoms. The van der Waals surface area contributed by atoms with Crippen molar-refractivity contribution >= 4 is 27.6 Å². The van der Waals surface area contributed by atoms with Gasteiger partial charge in [0.2, 0.25) is 0 Å². The number of allylic oxidation sites excluding steroid dienone is 6. The Morgan fingerprint density at radius 2 is 1.07 bits per heavy atom. The van der Waals surface area contributed by atoms with Crippen LogP contribution in [-0.4, -0.2) is 82.6 Å². The third-order valence-electron chi connectivity index (χ3n) is 9.08. The highest BCUT2D eigenvalue weighted by Crippen LogP contribution is 2.44. The fourth-order valence-corrected chi connectivity index (χ4v) is 6.83. The van der Waals surface area contributed by atoms with Crippen LogP contribution in [-0.2, 0) is 46.5 Å². The van der Waals surface area contributed by atoms with Crippen LogP contribution < -0.4 is 0 Å². The molecule has 0 spiro atoms. The molecule has 14 nitrogen and oxygen atoms in total. The average molecular weight is 865 g/mol. The lowest BCUT2D eigenvalue weighted by atomic mass is 10.1. The van der Waals surface area contributed by atoms with Crippen LogP contribution in [0.4, 0.5) is 0 Å². The molecule has 1 heterocycles. The van der Waals surface area contributed by atoms with Crippen LogP contribution in [0.15, 0.2) is 48.6 Å². The summed E-state index contributed by atoms with van der Waals surface area (Å²) in [6.07, 6.45) is 35.7. The Morgan fingerprint density at radius 1 is 0.586 bits per heavy atom. The molecule has 4 N–H and O–H groups in total. The van der Waals surface area contributed by atoms with Crippen LogP contribution in [0, 0.1) is 0 Å². The van der Waals surface area contributed by atoms with Crippen LogP contribution in [0.25, 0.3) is 0 Å². The van der Waals surface area contributed by atoms with Crippen molar-refractivity contribution in [1.29, 1.82) is 0 Å². The normalized spacial score (nSPS) is 18.0. The number of phosphoric ester groups is 2. The third-order valence-corrected chi connectivity index (χ3v) is 10.5. The Kier molecular flexibility index (Phi) is 32.4. The first kappa shape index (κ1) is 54.1. The minimum absolute atomic E-state index is 0.0475. The van der Waals surface area contributed by atoms with Gasteiger partial charge in [-0.2, -0.15) is 0 Å². The lowest BCUT2D eigenvalue weighted by Crippen LogP contribution is -2.29. The Morgan fingerprint density at radius 3 is 1.74 bits per heavy atom. The molecule has 0 aromatic carbocycles. The standard InChI is InChI=1S/C42H74O14P2/c1-3-5-7-9-11-12-13-14-15-16-19-23-27-31-41(44)51-35-38(36-54-58(49,50)53-34-37(43)33-52-57(46,47)48)55-42(45)32-28-24-20-17-18-22-26-30-40-39(56-40)29-25-21-10-8-6-4-2/h12-13,17,20-22,25-26,37-40,43H,3-11,14-16,18-19,23-24,27-36H2,1-2H3,(H,49,50)(H2,46,47,48)/b13-12-,20-17-,25-21-,26-22-/t37-,38+,39?,40?/m0/s1. The van der Waals surface area contributed by atoms with E-state index in [4.69, 9.17) is 28.5 Å². The van der Waals surface area contributed by atoms with Crippen LogP contribution in [0.2, 0.25) is 0 Å². The van der Waals surface area contributed by atoms with Gasteiger partial charge in [-0.25, -0.2) is 9.13 Å². The van der Waals surface area contributed by atoms with E-state index in [-0.39, 0.29) is 12.8 Å². The molecule has 3 unspecified atom stereocenters. The van der Waals surface area contributed by atoms with Gasteiger partial charge in [0.1, 0.15) is 12.7 Å². The summed E-state index contributed by atoms with van der Waals surface area (Å²) in [6.45, 7) is 1.62. The molecule has 0 aromatic rings. The van der Waals surface area contributed by atoms with Gasteiger partial charge in [-0.15, -0.1) is 0 Å². The summed E-state index contributed by atoms with van der Waals surface area (Å²) in [5.41, 5.74) is 0. The minimum atomic E-state index is -4.87. The topological polar surface area (TPSA) is 208 Å². The lowest BCUT2D eigenvalue weighted by Gasteiger charge is -2.20. The smallest absolute Gasteiger partial charge is 0.462 e. The highest BCUT2D eigenvalue weighted by atomic mass is 31.2. The Hall–Kier alpha value is -1.96. The van der Waals surface area contributed by atoms with E-state index in [1.54, 1.807) is 0 Å². The van der Waals surface area contributed by atoms with Crippen LogP contribution in [0.5, 0.6) is 0 Å². The Bertz CT molecular complexity index is 1280. The van der Waals surface area contributed by atoms with Crippen molar-refractivity contribution in [3.05, 3.63) is 48.6 Å². The maximum Gasteiger partial charge on any atom is 0.472 e. The summed E-state index contributed by atoms with van der Waals surface area (Å²) in [6, 6.07) is 0. The predicted molar refractivity (Wildman–Crippen MR) is 225 cm³/mol. The highest BCUT2D eigenvalue weighted by molar-refractivity contribution is 7.47. The molecule has 58 heavy (non-hydrogen) atoms. The zero-order chi connectivity index (χ0) is 42.7. The number of carbonyl (C=O) groups excluding carboxylic acids is 2. The fourth-order valence-electron chi connectivity index (χ4n) is 5.67. The van der Waals surface area contributed by atoms with E-state index in [2.05, 4.69) is 59.4 Å². The van der Waals surface area contributed by atoms with Gasteiger partial charge in [0.25, 0.3) is 0 Å². The van der Waals surface area contributed by atoms with E-state index in [0.717, 1.165) is 64.2 Å². The molecule has 1 saturated heterocycles. The van der Waals surface area contributed by atoms with E-state index in [1.807, 2.05) is 12.2 Å². The summed E-state index contributed by atoms with van der Waals surface area (Å²) in [7, 11) is -9.70. The molecular weight excluding hydrogens is 790 g/mol. The number of hydrogen-bond donors (Lipinski definition) is 4. The van der Waals surface area contributed by atoms with E-state index in [0.29, 0.717) is 31.5 Å². The van der Waals surface area contributed by atoms with Crippen molar-refractivity contribution in [3.8, 4) is 0 Å². The molecule has 1 rings (SSSR count). The molecule has 336 valence electrons. The molecule has 0 saturated carbocycles. The number of hydrogen-bond acceptors (Lipinski definition) is 11. The van der Waals surface area contributed by atoms with Crippen molar-refractivity contribution in [2.24, 2.45) is 0 Å². The maximum atomic E-state index is 12.6. The molecular formula is C42H74O14P2. The van der Waals surface area contributed by atoms with Gasteiger partial charge in [0.15, 0.2) is 6.10 Å². The first-order valence-electron chi connectivity index (χ1n) is 21.5. The van der Waals surface area contributed by atoms with Crippen molar-refractivity contribution in [2.75, 3.05) is 26.4 Å². The van der Waals surface area contributed by atoms with Gasteiger partial charge in [-0.05, 0) is 77.0 Å². The number of carbonyl (C=O) groups is 2. The van der Waals surface area contributed by atoms with Gasteiger partial charge in [0, 0.05) is 12.8 Å². The minimum Gasteiger partial charge on any atom is -0.462 e. The molecule has 0 amide bonds. The van der Waals surface area contributed by atoms with Crippen LogP contribution in [0.1, 0.15) is 155 Å². The van der Waals surface area contributed by atoms with Crippen LogP contribution in [0.3, 0.4) is 0 Å². The van der Waals surface area contributed by atoms with Gasteiger partial charge < -0.3 is 34.0 Å². The highest BCUT2D eigenvalue weighted by Gasteiger charge is 2.36. The number of epoxide rings is 1. The molecule has 0 radical (unpaired) electrons. The summed E-state index contributed by atoms with van der Waals surface area (Å²) >= 11 is 0. The Labute approximate surface area is 347 Å². The number of aliphatic hydroxyl groups is 1. The van der Waals surface area contributed by atoms with Gasteiger partial charge in [-0.1, -0.05) is 114 Å². The van der Waals surface area contributed by atoms with Crippen molar-refractivity contribution in [2.45, 2.75) is 180 Å². The van der Waals surface area contributed by atoms with E-state index in [9.17, 15) is 28.7 Å². The summed E-state index contributed by atoms with van der Waals surface area (Å²) < 4.78 is 53.4. The molecule has 1 fully saturated rings. The second kappa shape index (κ2) is 34.7. The maximum absolute atomic E-state index is 12.6. The lowest BCUT2D eigenvalue weighted by molar-refractivity contribution is -0.161. The summed E-state index contributed by atoms with van der Waals surface area (Å²) in [4.78, 5) is 52.6. The van der Waals surface area contributed by atoms with Crippen molar-refractivity contribution in [3.63, 3.8) is 0 Å². The molecule has 0 aromatic heterocycles. The zero-order valence-electron chi connectivity index (χ0n) is 35.1. The van der Waals surface area contributed by atoms with Gasteiger partial charge >= 0.3 is 27.6 Å². The molecule has 0 aliphatic carbocycles. The first-order valence-corrected chi connectivity index (χ1v) is 24.5. The predicted octanol–water partition coefficient (Wildman–Crippen LogP) is 9.66. The van der Waals surface area contributed by atoms with Gasteiger partial charge in [0.05, 0.1) is 32.0 Å². The zero-order valence-corrected chi connectivity index (χ0v) is 36.9. The molecule has 5 atom stereocenters. The summed E-state index contributed by atoms with van der Waals surface area (Å²) in [5, 5.41) is 9.74. The monoisotopic (exact) mass is 864 g/mol. The number of phosphoric acid groups is 2. The third kappa shape index (κ3) is 34.9.